The maximum absolute atomic E-state index is 11.4. The lowest BCUT2D eigenvalue weighted by atomic mass is 10.1. The normalized spacial score (nSPS) is 10.8. The molecule has 0 bridgehead atoms. The molecule has 0 amide bonds. The number of methoxy groups -OCH3 is 1. The van der Waals surface area contributed by atoms with Crippen LogP contribution in [-0.2, 0) is 4.74 Å². The molecule has 0 fully saturated rings. The average Bonchev–Trinajstić information content (AvgIpc) is 3.01. The summed E-state index contributed by atoms with van der Waals surface area (Å²) in [6.45, 7) is 0. The molecule has 112 valence electrons. The van der Waals surface area contributed by atoms with E-state index in [-0.39, 0.29) is 5.97 Å². The first kappa shape index (κ1) is 14.6. The number of rotatable bonds is 3. The van der Waals surface area contributed by atoms with E-state index in [1.54, 1.807) is 30.5 Å². The fourth-order valence-corrected chi connectivity index (χ4v) is 2.29. The molecule has 2 aromatic carbocycles. The fraction of sp³-hybridized carbons (Fsp3) is 0.0526. The highest BCUT2D eigenvalue weighted by Gasteiger charge is 2.05. The molecule has 4 nitrogen and oxygen atoms in total. The van der Waals surface area contributed by atoms with Crippen LogP contribution in [0.15, 0.2) is 53.1 Å². The zero-order valence-corrected chi connectivity index (χ0v) is 12.4. The van der Waals surface area contributed by atoms with Crippen molar-refractivity contribution in [3.8, 4) is 6.07 Å². The number of furan rings is 1. The second kappa shape index (κ2) is 6.20. The number of nitrogens with zero attached hydrogens (tertiary/aromatic N) is 1. The lowest BCUT2D eigenvalue weighted by Crippen LogP contribution is -2.00. The maximum Gasteiger partial charge on any atom is 0.337 e. The van der Waals surface area contributed by atoms with Crippen LogP contribution in [-0.4, -0.2) is 13.1 Å². The Morgan fingerprint density at radius 2 is 1.96 bits per heavy atom. The Kier molecular flexibility index (Phi) is 3.94. The molecule has 23 heavy (non-hydrogen) atoms. The maximum atomic E-state index is 11.4. The number of fused-ring (bicyclic) bond motifs is 1. The molecule has 1 heterocycles. The number of benzene rings is 2. The molecule has 0 radical (unpaired) electrons. The van der Waals surface area contributed by atoms with Crippen molar-refractivity contribution in [3.63, 3.8) is 0 Å². The predicted molar refractivity (Wildman–Crippen MR) is 87.6 cm³/mol. The molecule has 0 N–H and O–H groups in total. The van der Waals surface area contributed by atoms with Gasteiger partial charge in [0.2, 0.25) is 0 Å². The van der Waals surface area contributed by atoms with Crippen LogP contribution in [0, 0.1) is 11.3 Å². The third-order valence-electron chi connectivity index (χ3n) is 3.52. The minimum Gasteiger partial charge on any atom is -0.465 e. The van der Waals surface area contributed by atoms with Crippen molar-refractivity contribution < 1.29 is 13.9 Å². The molecule has 0 spiro atoms. The molecule has 0 aliphatic rings. The summed E-state index contributed by atoms with van der Waals surface area (Å²) >= 11 is 0. The van der Waals surface area contributed by atoms with E-state index in [1.165, 1.54) is 7.11 Å². The summed E-state index contributed by atoms with van der Waals surface area (Å²) in [4.78, 5) is 11.4. The highest BCUT2D eigenvalue weighted by molar-refractivity contribution is 5.92. The minimum absolute atomic E-state index is 0.356. The Labute approximate surface area is 133 Å². The van der Waals surface area contributed by atoms with Gasteiger partial charge in [-0.15, -0.1) is 0 Å². The van der Waals surface area contributed by atoms with Crippen molar-refractivity contribution >= 4 is 28.9 Å². The number of carbonyl (C=O) groups is 1. The van der Waals surface area contributed by atoms with E-state index >= 15 is 0 Å². The molecule has 0 aliphatic carbocycles. The van der Waals surface area contributed by atoms with Crippen molar-refractivity contribution in [1.82, 2.24) is 0 Å². The molecular weight excluding hydrogens is 290 g/mol. The van der Waals surface area contributed by atoms with E-state index < -0.39 is 0 Å². The molecule has 3 aromatic rings. The van der Waals surface area contributed by atoms with Crippen LogP contribution in [0.1, 0.15) is 27.2 Å². The van der Waals surface area contributed by atoms with Crippen molar-refractivity contribution in [3.05, 3.63) is 71.2 Å². The van der Waals surface area contributed by atoms with Gasteiger partial charge < -0.3 is 9.15 Å². The predicted octanol–water partition coefficient (Wildman–Crippen LogP) is 4.26. The topological polar surface area (TPSA) is 63.2 Å². The summed E-state index contributed by atoms with van der Waals surface area (Å²) in [7, 11) is 1.36. The second-order valence-corrected chi connectivity index (χ2v) is 4.96. The van der Waals surface area contributed by atoms with E-state index in [4.69, 9.17) is 9.68 Å². The molecule has 1 aromatic heterocycles. The first-order valence-corrected chi connectivity index (χ1v) is 6.99. The van der Waals surface area contributed by atoms with E-state index in [0.717, 1.165) is 22.1 Å². The SMILES string of the molecule is COC(=O)c1ccc(C=Cc2occ3cc(C#N)ccc23)cc1. The number of hydrogen-bond acceptors (Lipinski definition) is 4. The van der Waals surface area contributed by atoms with Crippen LogP contribution in [0.25, 0.3) is 22.9 Å². The lowest BCUT2D eigenvalue weighted by Gasteiger charge is -1.99. The summed E-state index contributed by atoms with van der Waals surface area (Å²) in [6, 6.07) is 14.6. The quantitative estimate of drug-likeness (QED) is 0.678. The third kappa shape index (κ3) is 2.99. The Morgan fingerprint density at radius 3 is 2.65 bits per heavy atom. The van der Waals surface area contributed by atoms with Crippen molar-refractivity contribution in [1.29, 1.82) is 5.26 Å². The van der Waals surface area contributed by atoms with Crippen LogP contribution < -0.4 is 0 Å². The standard InChI is InChI=1S/C19H13NO3/c1-22-19(21)15-6-2-13(3-7-15)5-9-18-17-8-4-14(11-20)10-16(17)12-23-18/h2-10,12H,1H3. The number of nitriles is 1. The minimum atomic E-state index is -0.356. The van der Waals surface area contributed by atoms with Crippen LogP contribution in [0.5, 0.6) is 0 Å². The van der Waals surface area contributed by atoms with Crippen LogP contribution in [0.3, 0.4) is 0 Å². The Morgan fingerprint density at radius 1 is 1.17 bits per heavy atom. The van der Waals surface area contributed by atoms with Crippen LogP contribution in [0.4, 0.5) is 0 Å². The van der Waals surface area contributed by atoms with Gasteiger partial charge in [0.1, 0.15) is 5.76 Å². The zero-order valence-electron chi connectivity index (χ0n) is 12.4. The van der Waals surface area contributed by atoms with Gasteiger partial charge in [0.15, 0.2) is 0 Å². The van der Waals surface area contributed by atoms with Gasteiger partial charge in [-0.1, -0.05) is 18.2 Å². The van der Waals surface area contributed by atoms with E-state index in [1.807, 2.05) is 30.4 Å². The Balaban J connectivity index is 1.85. The summed E-state index contributed by atoms with van der Waals surface area (Å²) in [5, 5.41) is 10.8. The Hall–Kier alpha value is -3.32. The summed E-state index contributed by atoms with van der Waals surface area (Å²) < 4.78 is 10.2. The molecule has 4 heteroatoms. The summed E-state index contributed by atoms with van der Waals surface area (Å²) in [6.07, 6.45) is 5.40. The first-order valence-electron chi connectivity index (χ1n) is 6.99. The third-order valence-corrected chi connectivity index (χ3v) is 3.52. The highest BCUT2D eigenvalue weighted by atomic mass is 16.5. The van der Waals surface area contributed by atoms with E-state index in [2.05, 4.69) is 10.8 Å². The summed E-state index contributed by atoms with van der Waals surface area (Å²) in [5.41, 5.74) is 2.06. The lowest BCUT2D eigenvalue weighted by molar-refractivity contribution is 0.0600. The van der Waals surface area contributed by atoms with Gasteiger partial charge in [0.05, 0.1) is 30.6 Å². The zero-order chi connectivity index (χ0) is 16.2. The number of hydrogen-bond donors (Lipinski definition) is 0. The number of carbonyl (C=O) groups excluding carboxylic acids is 1. The van der Waals surface area contributed by atoms with Crippen LogP contribution >= 0.6 is 0 Å². The largest absolute Gasteiger partial charge is 0.465 e. The van der Waals surface area contributed by atoms with Crippen molar-refractivity contribution in [2.24, 2.45) is 0 Å². The van der Waals surface area contributed by atoms with Gasteiger partial charge in [0.25, 0.3) is 0 Å². The van der Waals surface area contributed by atoms with E-state index in [9.17, 15) is 4.79 Å². The average molecular weight is 303 g/mol. The van der Waals surface area contributed by atoms with Crippen molar-refractivity contribution in [2.75, 3.05) is 7.11 Å². The Bertz CT molecular complexity index is 927. The van der Waals surface area contributed by atoms with Crippen LogP contribution in [0.2, 0.25) is 0 Å². The highest BCUT2D eigenvalue weighted by Crippen LogP contribution is 2.24. The molecule has 0 atom stereocenters. The number of esters is 1. The molecule has 3 rings (SSSR count). The molecule has 0 saturated heterocycles. The molecule has 0 aliphatic heterocycles. The molecule has 0 saturated carbocycles. The monoisotopic (exact) mass is 303 g/mol. The van der Waals surface area contributed by atoms with Gasteiger partial charge in [0, 0.05) is 10.8 Å². The van der Waals surface area contributed by atoms with Gasteiger partial charge >= 0.3 is 5.97 Å². The summed E-state index contributed by atoms with van der Waals surface area (Å²) in [5.74, 6) is 0.368. The van der Waals surface area contributed by atoms with Gasteiger partial charge in [-0.3, -0.25) is 0 Å². The molecule has 0 unspecified atom stereocenters. The number of ether oxygens (including phenoxy) is 1. The fourth-order valence-electron chi connectivity index (χ4n) is 2.29. The first-order chi connectivity index (χ1) is 11.2. The van der Waals surface area contributed by atoms with Gasteiger partial charge in [-0.05, 0) is 42.0 Å². The van der Waals surface area contributed by atoms with Crippen molar-refractivity contribution in [2.45, 2.75) is 0 Å². The van der Waals surface area contributed by atoms with Gasteiger partial charge in [-0.25, -0.2) is 4.79 Å². The van der Waals surface area contributed by atoms with Gasteiger partial charge in [-0.2, -0.15) is 5.26 Å². The second-order valence-electron chi connectivity index (χ2n) is 4.96. The van der Waals surface area contributed by atoms with E-state index in [0.29, 0.717) is 11.1 Å². The smallest absolute Gasteiger partial charge is 0.337 e. The molecular formula is C19H13NO3.